The van der Waals surface area contributed by atoms with Gasteiger partial charge in [0.2, 0.25) is 5.91 Å². The lowest BCUT2D eigenvalue weighted by molar-refractivity contribution is -0.113. The Morgan fingerprint density at radius 3 is 2.93 bits per heavy atom. The zero-order valence-corrected chi connectivity index (χ0v) is 18.1. The molecule has 0 radical (unpaired) electrons. The zero-order chi connectivity index (χ0) is 21.3. The number of nitrogens with zero attached hydrogens (tertiary/aromatic N) is 2. The van der Waals surface area contributed by atoms with Crippen molar-refractivity contribution in [3.8, 4) is 0 Å². The van der Waals surface area contributed by atoms with Gasteiger partial charge in [-0.1, -0.05) is 27.7 Å². The first-order valence-electron chi connectivity index (χ1n) is 8.91. The average molecular weight is 491 g/mol. The summed E-state index contributed by atoms with van der Waals surface area (Å²) in [7, 11) is 0. The summed E-state index contributed by atoms with van der Waals surface area (Å²) in [5.41, 5.74) is 1.55. The topological polar surface area (TPSA) is 92.9 Å². The number of hydrogen-bond donors (Lipinski definition) is 2. The highest BCUT2D eigenvalue weighted by molar-refractivity contribution is 9.10. The minimum atomic E-state index is -0.542. The lowest BCUT2D eigenvalue weighted by Crippen LogP contribution is -2.24. The van der Waals surface area contributed by atoms with Crippen molar-refractivity contribution < 1.29 is 13.6 Å². The molecule has 0 atom stereocenters. The van der Waals surface area contributed by atoms with E-state index in [9.17, 15) is 14.0 Å². The van der Waals surface area contributed by atoms with Crippen molar-refractivity contribution >= 4 is 50.3 Å². The second-order valence-electron chi connectivity index (χ2n) is 6.54. The highest BCUT2D eigenvalue weighted by Crippen LogP contribution is 2.22. The summed E-state index contributed by atoms with van der Waals surface area (Å²) in [4.78, 5) is 32.9. The van der Waals surface area contributed by atoms with Gasteiger partial charge >= 0.3 is 0 Å². The standard InChI is InChI=1S/C20H16BrFN4O3S/c1-11-7-16-18(23-11)19(28)26(9-13-3-2-6-29-13)20(25-16)30-10-17(27)24-15-5-4-12(21)8-14(15)22/h2-8,23H,9-10H2,1H3,(H,24,27). The smallest absolute Gasteiger partial charge is 0.278 e. The van der Waals surface area contributed by atoms with E-state index in [1.54, 1.807) is 24.3 Å². The quantitative estimate of drug-likeness (QED) is 0.310. The first-order valence-corrected chi connectivity index (χ1v) is 10.7. The largest absolute Gasteiger partial charge is 0.467 e. The molecule has 0 aliphatic carbocycles. The molecule has 3 aromatic heterocycles. The fourth-order valence-corrected chi connectivity index (χ4v) is 4.06. The second kappa shape index (κ2) is 8.49. The number of benzene rings is 1. The molecule has 0 spiro atoms. The van der Waals surface area contributed by atoms with E-state index in [0.29, 0.717) is 26.4 Å². The molecule has 0 saturated carbocycles. The number of fused-ring (bicyclic) bond motifs is 1. The number of carbonyl (C=O) groups is 1. The van der Waals surface area contributed by atoms with Crippen LogP contribution in [0, 0.1) is 12.7 Å². The van der Waals surface area contributed by atoms with Crippen LogP contribution >= 0.6 is 27.7 Å². The van der Waals surface area contributed by atoms with E-state index >= 15 is 0 Å². The highest BCUT2D eigenvalue weighted by Gasteiger charge is 2.16. The van der Waals surface area contributed by atoms with Crippen LogP contribution in [-0.4, -0.2) is 26.2 Å². The van der Waals surface area contributed by atoms with E-state index < -0.39 is 11.7 Å². The van der Waals surface area contributed by atoms with E-state index in [4.69, 9.17) is 4.42 Å². The molecule has 0 aliphatic rings. The van der Waals surface area contributed by atoms with Crippen LogP contribution in [0.25, 0.3) is 11.0 Å². The van der Waals surface area contributed by atoms with Crippen molar-refractivity contribution in [1.29, 1.82) is 0 Å². The van der Waals surface area contributed by atoms with Crippen LogP contribution in [0.2, 0.25) is 0 Å². The van der Waals surface area contributed by atoms with E-state index in [1.807, 2.05) is 6.92 Å². The van der Waals surface area contributed by atoms with E-state index in [1.165, 1.54) is 23.0 Å². The van der Waals surface area contributed by atoms with Gasteiger partial charge in [0.1, 0.15) is 17.1 Å². The maximum atomic E-state index is 14.0. The van der Waals surface area contributed by atoms with E-state index in [2.05, 4.69) is 31.2 Å². The first-order chi connectivity index (χ1) is 14.4. The van der Waals surface area contributed by atoms with Crippen LogP contribution in [0.15, 0.2) is 61.5 Å². The first kappa shape index (κ1) is 20.4. The lowest BCUT2D eigenvalue weighted by atomic mass is 10.3. The molecule has 30 heavy (non-hydrogen) atoms. The number of aromatic nitrogens is 3. The number of amides is 1. The molecular formula is C20H16BrFN4O3S. The number of aryl methyl sites for hydroxylation is 1. The SMILES string of the molecule is Cc1cc2nc(SCC(=O)Nc3ccc(Br)cc3F)n(Cc3ccco3)c(=O)c2[nH]1. The molecule has 154 valence electrons. The fourth-order valence-electron chi connectivity index (χ4n) is 2.93. The van der Waals surface area contributed by atoms with Gasteiger partial charge in [0.05, 0.1) is 29.8 Å². The summed E-state index contributed by atoms with van der Waals surface area (Å²) in [6, 6.07) is 9.65. The predicted octanol–water partition coefficient (Wildman–Crippen LogP) is 4.31. The summed E-state index contributed by atoms with van der Waals surface area (Å²) in [6.45, 7) is 2.02. The van der Waals surface area contributed by atoms with Gasteiger partial charge in [-0.2, -0.15) is 0 Å². The molecule has 0 bridgehead atoms. The van der Waals surface area contributed by atoms with Crippen molar-refractivity contribution in [1.82, 2.24) is 14.5 Å². The van der Waals surface area contributed by atoms with Gasteiger partial charge < -0.3 is 14.7 Å². The number of anilines is 1. The monoisotopic (exact) mass is 490 g/mol. The van der Waals surface area contributed by atoms with E-state index in [0.717, 1.165) is 17.5 Å². The van der Waals surface area contributed by atoms with Crippen LogP contribution in [0.3, 0.4) is 0 Å². The van der Waals surface area contributed by atoms with Crippen molar-refractivity contribution in [3.05, 3.63) is 74.8 Å². The molecule has 0 unspecified atom stereocenters. The number of H-pyrrole nitrogens is 1. The van der Waals surface area contributed by atoms with Gasteiger partial charge in [-0.3, -0.25) is 14.2 Å². The minimum absolute atomic E-state index is 0.0466. The molecule has 1 amide bonds. The van der Waals surface area contributed by atoms with Gasteiger partial charge in [0, 0.05) is 10.2 Å². The van der Waals surface area contributed by atoms with Crippen molar-refractivity contribution in [3.63, 3.8) is 0 Å². The molecule has 10 heteroatoms. The van der Waals surface area contributed by atoms with Crippen LogP contribution in [-0.2, 0) is 11.3 Å². The molecule has 1 aromatic carbocycles. The number of thioether (sulfide) groups is 1. The van der Waals surface area contributed by atoms with Gasteiger partial charge in [-0.15, -0.1) is 0 Å². The molecule has 7 nitrogen and oxygen atoms in total. The number of nitrogens with one attached hydrogen (secondary N) is 2. The van der Waals surface area contributed by atoms with Crippen LogP contribution < -0.4 is 10.9 Å². The van der Waals surface area contributed by atoms with E-state index in [-0.39, 0.29) is 23.5 Å². The average Bonchev–Trinajstić information content (AvgIpc) is 3.34. The molecule has 2 N–H and O–H groups in total. The van der Waals surface area contributed by atoms with Gasteiger partial charge in [-0.05, 0) is 43.3 Å². The Labute approximate surface area is 182 Å². The molecule has 0 saturated heterocycles. The lowest BCUT2D eigenvalue weighted by Gasteiger charge is -2.11. The Balaban J connectivity index is 1.59. The number of hydrogen-bond acceptors (Lipinski definition) is 5. The number of halogens is 2. The molecule has 3 heterocycles. The highest BCUT2D eigenvalue weighted by atomic mass is 79.9. The van der Waals surface area contributed by atoms with Gasteiger partial charge in [0.25, 0.3) is 5.56 Å². The molecule has 0 fully saturated rings. The van der Waals surface area contributed by atoms with Crippen molar-refractivity contribution in [2.45, 2.75) is 18.6 Å². The third-order valence-corrected chi connectivity index (χ3v) is 5.74. The van der Waals surface area contributed by atoms with Gasteiger partial charge in [0.15, 0.2) is 5.16 Å². The zero-order valence-electron chi connectivity index (χ0n) is 15.7. The van der Waals surface area contributed by atoms with Crippen LogP contribution in [0.1, 0.15) is 11.5 Å². The third kappa shape index (κ3) is 4.34. The molecule has 4 aromatic rings. The van der Waals surface area contributed by atoms with Crippen LogP contribution in [0.5, 0.6) is 0 Å². The number of carbonyl (C=O) groups excluding carboxylic acids is 1. The Morgan fingerprint density at radius 2 is 2.20 bits per heavy atom. The summed E-state index contributed by atoms with van der Waals surface area (Å²) in [5.74, 6) is -0.412. The van der Waals surface area contributed by atoms with Crippen molar-refractivity contribution in [2.75, 3.05) is 11.1 Å². The van der Waals surface area contributed by atoms with Gasteiger partial charge in [-0.25, -0.2) is 9.37 Å². The second-order valence-corrected chi connectivity index (χ2v) is 8.40. The predicted molar refractivity (Wildman–Crippen MR) is 116 cm³/mol. The summed E-state index contributed by atoms with van der Waals surface area (Å²) < 4.78 is 21.3. The maximum Gasteiger partial charge on any atom is 0.278 e. The Morgan fingerprint density at radius 1 is 1.37 bits per heavy atom. The number of aromatic amines is 1. The third-order valence-electron chi connectivity index (χ3n) is 4.27. The summed E-state index contributed by atoms with van der Waals surface area (Å²) in [5, 5.41) is 2.90. The van der Waals surface area contributed by atoms with Crippen LogP contribution in [0.4, 0.5) is 10.1 Å². The number of furan rings is 1. The molecular weight excluding hydrogens is 475 g/mol. The summed E-state index contributed by atoms with van der Waals surface area (Å²) in [6.07, 6.45) is 1.53. The molecule has 4 rings (SSSR count). The Hall–Kier alpha value is -2.85. The Bertz CT molecular complexity index is 1280. The Kier molecular flexibility index (Phi) is 5.78. The fraction of sp³-hybridized carbons (Fsp3) is 0.150. The maximum absolute atomic E-state index is 14.0. The normalized spacial score (nSPS) is 11.2. The van der Waals surface area contributed by atoms with Crippen molar-refractivity contribution in [2.24, 2.45) is 0 Å². The molecule has 0 aliphatic heterocycles. The minimum Gasteiger partial charge on any atom is -0.467 e. The summed E-state index contributed by atoms with van der Waals surface area (Å²) >= 11 is 4.27. The number of rotatable bonds is 6.